The maximum absolute atomic E-state index is 12.4. The van der Waals surface area contributed by atoms with Crippen molar-refractivity contribution in [3.05, 3.63) is 114 Å². The van der Waals surface area contributed by atoms with E-state index >= 15 is 0 Å². The van der Waals surface area contributed by atoms with Crippen LogP contribution >= 0.6 is 0 Å². The molecule has 0 saturated heterocycles. The van der Waals surface area contributed by atoms with Crippen molar-refractivity contribution < 1.29 is 14.7 Å². The van der Waals surface area contributed by atoms with Crippen LogP contribution in [-0.4, -0.2) is 31.7 Å². The third-order valence-corrected chi connectivity index (χ3v) is 5.18. The summed E-state index contributed by atoms with van der Waals surface area (Å²) >= 11 is 0. The first-order valence-corrected chi connectivity index (χ1v) is 10.8. The molecular weight excluding hydrogens is 426 g/mol. The Morgan fingerprint density at radius 3 is 2.26 bits per heavy atom. The lowest BCUT2D eigenvalue weighted by atomic mass is 10.0. The summed E-state index contributed by atoms with van der Waals surface area (Å²) in [6.45, 7) is 0.578. The molecule has 6 heteroatoms. The summed E-state index contributed by atoms with van der Waals surface area (Å²) < 4.78 is 1.82. The molecule has 6 nitrogen and oxygen atoms in total. The maximum Gasteiger partial charge on any atom is 0.163 e. The minimum absolute atomic E-state index is 0.156. The molecule has 0 fully saturated rings. The van der Waals surface area contributed by atoms with E-state index < -0.39 is 0 Å². The first kappa shape index (κ1) is 22.6. The van der Waals surface area contributed by atoms with E-state index in [0.717, 1.165) is 27.9 Å². The van der Waals surface area contributed by atoms with Gasteiger partial charge in [-0.2, -0.15) is 0 Å². The van der Waals surface area contributed by atoms with Crippen molar-refractivity contribution in [2.24, 2.45) is 0 Å². The molecule has 0 radical (unpaired) electrons. The number of nitrogens with zero attached hydrogens (tertiary/aromatic N) is 3. The predicted octanol–water partition coefficient (Wildman–Crippen LogP) is 4.95. The SMILES string of the molecule is O=C(/C=C/c1ccc(O)cc1)CC(=O)/C=C/c1ccccc1-c1cnnn1Cc1ccccc1. The molecule has 1 heterocycles. The molecule has 0 amide bonds. The van der Waals surface area contributed by atoms with Crippen LogP contribution in [0.2, 0.25) is 0 Å². The molecule has 4 aromatic rings. The molecule has 0 saturated carbocycles. The second kappa shape index (κ2) is 10.8. The highest BCUT2D eigenvalue weighted by molar-refractivity contribution is 6.11. The molecule has 34 heavy (non-hydrogen) atoms. The smallest absolute Gasteiger partial charge is 0.163 e. The molecule has 0 spiro atoms. The number of allylic oxidation sites excluding steroid dienone is 2. The summed E-state index contributed by atoms with van der Waals surface area (Å²) in [5.41, 5.74) is 4.44. The minimum Gasteiger partial charge on any atom is -0.508 e. The number of aromatic nitrogens is 3. The first-order chi connectivity index (χ1) is 16.6. The molecule has 4 rings (SSSR count). The van der Waals surface area contributed by atoms with Gasteiger partial charge >= 0.3 is 0 Å². The zero-order valence-electron chi connectivity index (χ0n) is 18.4. The van der Waals surface area contributed by atoms with E-state index in [4.69, 9.17) is 0 Å². The number of carbonyl (C=O) groups excluding carboxylic acids is 2. The molecule has 168 valence electrons. The highest BCUT2D eigenvalue weighted by atomic mass is 16.3. The van der Waals surface area contributed by atoms with Gasteiger partial charge in [0.2, 0.25) is 0 Å². The monoisotopic (exact) mass is 449 g/mol. The number of hydrogen-bond acceptors (Lipinski definition) is 5. The van der Waals surface area contributed by atoms with Crippen LogP contribution in [0.5, 0.6) is 5.75 Å². The van der Waals surface area contributed by atoms with E-state index in [1.54, 1.807) is 30.5 Å². The average Bonchev–Trinajstić information content (AvgIpc) is 3.31. The Labute approximate surface area is 197 Å². The molecule has 1 N–H and O–H groups in total. The molecule has 0 atom stereocenters. The zero-order chi connectivity index (χ0) is 23.8. The largest absolute Gasteiger partial charge is 0.508 e. The van der Waals surface area contributed by atoms with Crippen LogP contribution in [0.25, 0.3) is 23.4 Å². The number of benzene rings is 3. The van der Waals surface area contributed by atoms with Gasteiger partial charge < -0.3 is 5.11 Å². The molecule has 0 aliphatic heterocycles. The van der Waals surface area contributed by atoms with E-state index in [0.29, 0.717) is 6.54 Å². The van der Waals surface area contributed by atoms with E-state index in [-0.39, 0.29) is 23.7 Å². The first-order valence-electron chi connectivity index (χ1n) is 10.8. The molecular formula is C28H23N3O3. The van der Waals surface area contributed by atoms with Crippen LogP contribution < -0.4 is 0 Å². The summed E-state index contributed by atoms with van der Waals surface area (Å²) in [5, 5.41) is 17.6. The Morgan fingerprint density at radius 2 is 1.50 bits per heavy atom. The summed E-state index contributed by atoms with van der Waals surface area (Å²) in [7, 11) is 0. The van der Waals surface area contributed by atoms with Crippen LogP contribution in [0.1, 0.15) is 23.1 Å². The minimum atomic E-state index is -0.291. The van der Waals surface area contributed by atoms with Crippen LogP contribution in [0.4, 0.5) is 0 Å². The topological polar surface area (TPSA) is 85.1 Å². The second-order valence-electron chi connectivity index (χ2n) is 7.72. The highest BCUT2D eigenvalue weighted by Gasteiger charge is 2.11. The van der Waals surface area contributed by atoms with Crippen LogP contribution in [-0.2, 0) is 16.1 Å². The van der Waals surface area contributed by atoms with Crippen LogP contribution in [0, 0.1) is 0 Å². The number of aromatic hydroxyl groups is 1. The number of ketones is 2. The lowest BCUT2D eigenvalue weighted by molar-refractivity contribution is -0.121. The molecule has 0 aliphatic carbocycles. The van der Waals surface area contributed by atoms with Gasteiger partial charge in [-0.15, -0.1) is 5.10 Å². The Morgan fingerprint density at radius 1 is 0.824 bits per heavy atom. The molecule has 0 unspecified atom stereocenters. The highest BCUT2D eigenvalue weighted by Crippen LogP contribution is 2.24. The van der Waals surface area contributed by atoms with E-state index in [1.165, 1.54) is 24.3 Å². The fourth-order valence-corrected chi connectivity index (χ4v) is 3.46. The lowest BCUT2D eigenvalue weighted by Crippen LogP contribution is -2.04. The van der Waals surface area contributed by atoms with Gasteiger partial charge in [-0.3, -0.25) is 9.59 Å². The summed E-state index contributed by atoms with van der Waals surface area (Å²) in [5.74, 6) is -0.421. The van der Waals surface area contributed by atoms with Crippen molar-refractivity contribution in [3.63, 3.8) is 0 Å². The van der Waals surface area contributed by atoms with Crippen molar-refractivity contribution >= 4 is 23.7 Å². The van der Waals surface area contributed by atoms with Gasteiger partial charge in [-0.25, -0.2) is 4.68 Å². The molecule has 3 aromatic carbocycles. The Hall–Kier alpha value is -4.58. The van der Waals surface area contributed by atoms with Gasteiger partial charge in [0.15, 0.2) is 11.6 Å². The third-order valence-electron chi connectivity index (χ3n) is 5.18. The van der Waals surface area contributed by atoms with E-state index in [9.17, 15) is 14.7 Å². The number of carbonyl (C=O) groups is 2. The quantitative estimate of drug-likeness (QED) is 0.289. The van der Waals surface area contributed by atoms with Gasteiger partial charge in [0.25, 0.3) is 0 Å². The number of hydrogen-bond donors (Lipinski definition) is 1. The Balaban J connectivity index is 1.45. The molecule has 1 aromatic heterocycles. The number of phenolic OH excluding ortho intramolecular Hbond substituents is 1. The normalized spacial score (nSPS) is 11.3. The van der Waals surface area contributed by atoms with Crippen molar-refractivity contribution in [2.75, 3.05) is 0 Å². The third kappa shape index (κ3) is 6.01. The van der Waals surface area contributed by atoms with Crippen LogP contribution in [0.3, 0.4) is 0 Å². The standard InChI is InChI=1S/C28H23N3O3/c32-24-14-10-21(11-15-24)12-16-25(33)18-26(34)17-13-23-8-4-5-9-27(23)28-19-29-30-31(28)20-22-6-2-1-3-7-22/h1-17,19,32H,18,20H2/b16-12+,17-13+. The average molecular weight is 450 g/mol. The number of phenols is 1. The Bertz CT molecular complexity index is 1340. The predicted molar refractivity (Wildman–Crippen MR) is 132 cm³/mol. The summed E-state index contributed by atoms with van der Waals surface area (Å²) in [6.07, 6.45) is 7.62. The van der Waals surface area contributed by atoms with Crippen molar-refractivity contribution in [1.29, 1.82) is 0 Å². The maximum atomic E-state index is 12.4. The van der Waals surface area contributed by atoms with Crippen molar-refractivity contribution in [1.82, 2.24) is 15.0 Å². The fraction of sp³-hybridized carbons (Fsp3) is 0.0714. The summed E-state index contributed by atoms with van der Waals surface area (Å²) in [4.78, 5) is 24.6. The fourth-order valence-electron chi connectivity index (χ4n) is 3.46. The van der Waals surface area contributed by atoms with Gasteiger partial charge in [-0.05, 0) is 41.0 Å². The van der Waals surface area contributed by atoms with Gasteiger partial charge in [0.05, 0.1) is 24.9 Å². The van der Waals surface area contributed by atoms with Gasteiger partial charge in [0.1, 0.15) is 5.75 Å². The van der Waals surface area contributed by atoms with Gasteiger partial charge in [0, 0.05) is 5.56 Å². The summed E-state index contributed by atoms with van der Waals surface area (Å²) in [6, 6.07) is 24.1. The van der Waals surface area contributed by atoms with Crippen LogP contribution in [0.15, 0.2) is 97.2 Å². The Kier molecular flexibility index (Phi) is 7.20. The molecule has 0 bridgehead atoms. The lowest BCUT2D eigenvalue weighted by Gasteiger charge is -2.09. The second-order valence-corrected chi connectivity index (χ2v) is 7.72. The van der Waals surface area contributed by atoms with Gasteiger partial charge in [-0.1, -0.05) is 84.1 Å². The molecule has 0 aliphatic rings. The van der Waals surface area contributed by atoms with E-state index in [1.807, 2.05) is 59.3 Å². The van der Waals surface area contributed by atoms with Crippen molar-refractivity contribution in [2.45, 2.75) is 13.0 Å². The number of rotatable bonds is 9. The van der Waals surface area contributed by atoms with Crippen molar-refractivity contribution in [3.8, 4) is 17.0 Å². The van der Waals surface area contributed by atoms with E-state index in [2.05, 4.69) is 10.3 Å². The zero-order valence-corrected chi connectivity index (χ0v) is 18.4.